The topological polar surface area (TPSA) is 74.1 Å². The maximum Gasteiger partial charge on any atom is 0.290 e. The molecule has 2 aliphatic rings. The molecule has 7 heteroatoms. The highest BCUT2D eigenvalue weighted by Crippen LogP contribution is 2.31. The van der Waals surface area contributed by atoms with Gasteiger partial charge in [0.2, 0.25) is 5.91 Å². The third-order valence-corrected chi connectivity index (χ3v) is 6.92. The van der Waals surface area contributed by atoms with Gasteiger partial charge in [-0.15, -0.1) is 0 Å². The molecule has 3 aromatic rings. The van der Waals surface area contributed by atoms with Gasteiger partial charge >= 0.3 is 0 Å². The first-order valence-electron chi connectivity index (χ1n) is 12.1. The first-order valence-corrected chi connectivity index (χ1v) is 12.1. The Morgan fingerprint density at radius 1 is 0.971 bits per heavy atom. The van der Waals surface area contributed by atoms with Crippen molar-refractivity contribution in [3.05, 3.63) is 89.9 Å². The quantitative estimate of drug-likeness (QED) is 0.508. The molecule has 2 fully saturated rings. The Bertz CT molecular complexity index is 1180. The molecule has 2 aliphatic heterocycles. The summed E-state index contributed by atoms with van der Waals surface area (Å²) in [7, 11) is 0. The zero-order valence-electron chi connectivity index (χ0n) is 19.8. The van der Waals surface area contributed by atoms with Crippen LogP contribution in [0.2, 0.25) is 0 Å². The molecule has 180 valence electrons. The molecule has 5 rings (SSSR count). The highest BCUT2D eigenvalue weighted by Gasteiger charge is 2.47. The number of nitrogens with zero attached hydrogens (tertiary/aromatic N) is 3. The van der Waals surface area contributed by atoms with Gasteiger partial charge in [-0.25, -0.2) is 4.90 Å². The maximum absolute atomic E-state index is 13.5. The second-order valence-electron chi connectivity index (χ2n) is 9.31. The molecule has 1 aromatic heterocycles. The van der Waals surface area contributed by atoms with Gasteiger partial charge in [-0.05, 0) is 49.6 Å². The summed E-state index contributed by atoms with van der Waals surface area (Å²) in [5.74, 6) is -0.799. The van der Waals surface area contributed by atoms with Gasteiger partial charge in [0.1, 0.15) is 6.04 Å². The second kappa shape index (κ2) is 9.88. The highest BCUT2D eigenvalue weighted by molar-refractivity contribution is 6.23. The molecule has 0 radical (unpaired) electrons. The van der Waals surface area contributed by atoms with E-state index in [1.165, 1.54) is 16.7 Å². The standard InChI is InChI=1S/C28H29N3O4/c1-20-9-11-22(12-10-20)31-26(32)18-24(27(31)33)30(28(34)25-8-5-17-35-25)23-13-15-29(16-14-23)19-21-6-3-2-4-7-21/h2-12,17,23-24H,13-16,18-19H2,1H3. The molecular weight excluding hydrogens is 442 g/mol. The van der Waals surface area contributed by atoms with Crippen molar-refractivity contribution in [2.24, 2.45) is 0 Å². The lowest BCUT2D eigenvalue weighted by atomic mass is 9.99. The third kappa shape index (κ3) is 4.77. The number of likely N-dealkylation sites (tertiary alicyclic amines) is 1. The number of hydrogen-bond donors (Lipinski definition) is 0. The number of amides is 3. The molecule has 2 aromatic carbocycles. The van der Waals surface area contributed by atoms with E-state index in [4.69, 9.17) is 4.42 Å². The Labute approximate surface area is 204 Å². The number of imide groups is 1. The largest absolute Gasteiger partial charge is 0.459 e. The van der Waals surface area contributed by atoms with Crippen LogP contribution in [0.3, 0.4) is 0 Å². The van der Waals surface area contributed by atoms with Crippen LogP contribution in [0.4, 0.5) is 5.69 Å². The van der Waals surface area contributed by atoms with E-state index in [0.717, 1.165) is 38.0 Å². The summed E-state index contributed by atoms with van der Waals surface area (Å²) in [6, 6.07) is 19.9. The average Bonchev–Trinajstić information content (AvgIpc) is 3.50. The van der Waals surface area contributed by atoms with E-state index in [1.807, 2.05) is 37.3 Å². The Morgan fingerprint density at radius 2 is 1.69 bits per heavy atom. The van der Waals surface area contributed by atoms with Crippen LogP contribution in [0, 0.1) is 6.92 Å². The number of piperidine rings is 1. The van der Waals surface area contributed by atoms with E-state index in [-0.39, 0.29) is 35.9 Å². The van der Waals surface area contributed by atoms with Crippen molar-refractivity contribution >= 4 is 23.4 Å². The summed E-state index contributed by atoms with van der Waals surface area (Å²) < 4.78 is 5.40. The van der Waals surface area contributed by atoms with Gasteiger partial charge in [-0.2, -0.15) is 0 Å². The van der Waals surface area contributed by atoms with Crippen LogP contribution in [0.15, 0.2) is 77.4 Å². The van der Waals surface area contributed by atoms with Crippen LogP contribution in [-0.2, 0) is 16.1 Å². The van der Waals surface area contributed by atoms with Crippen molar-refractivity contribution in [3.8, 4) is 0 Å². The zero-order valence-corrected chi connectivity index (χ0v) is 19.8. The summed E-state index contributed by atoms with van der Waals surface area (Å²) in [6.45, 7) is 4.41. The van der Waals surface area contributed by atoms with E-state index in [9.17, 15) is 14.4 Å². The van der Waals surface area contributed by atoms with Gasteiger partial charge < -0.3 is 9.32 Å². The minimum atomic E-state index is -0.841. The van der Waals surface area contributed by atoms with Crippen LogP contribution >= 0.6 is 0 Å². The van der Waals surface area contributed by atoms with Gasteiger partial charge in [0.25, 0.3) is 11.8 Å². The molecule has 0 saturated carbocycles. The Kier molecular flexibility index (Phi) is 6.51. The number of furan rings is 1. The van der Waals surface area contributed by atoms with Gasteiger partial charge in [-0.3, -0.25) is 19.3 Å². The number of carbonyl (C=O) groups is 3. The lowest BCUT2D eigenvalue weighted by Crippen LogP contribution is -2.54. The molecule has 35 heavy (non-hydrogen) atoms. The van der Waals surface area contributed by atoms with Crippen molar-refractivity contribution in [2.75, 3.05) is 18.0 Å². The predicted molar refractivity (Wildman–Crippen MR) is 132 cm³/mol. The SMILES string of the molecule is Cc1ccc(N2C(=O)CC(N(C(=O)c3ccco3)C3CCN(Cc4ccccc4)CC3)C2=O)cc1. The number of aryl methyl sites for hydroxylation is 1. The van der Waals surface area contributed by atoms with Gasteiger partial charge in [0.15, 0.2) is 5.76 Å². The van der Waals surface area contributed by atoms with Gasteiger partial charge in [-0.1, -0.05) is 48.0 Å². The molecule has 0 spiro atoms. The van der Waals surface area contributed by atoms with E-state index in [1.54, 1.807) is 29.2 Å². The monoisotopic (exact) mass is 471 g/mol. The fourth-order valence-electron chi connectivity index (χ4n) is 5.08. The lowest BCUT2D eigenvalue weighted by molar-refractivity contribution is -0.123. The van der Waals surface area contributed by atoms with E-state index in [0.29, 0.717) is 5.69 Å². The molecule has 7 nitrogen and oxygen atoms in total. The normalized spacial score (nSPS) is 19.3. The molecule has 0 bridgehead atoms. The summed E-state index contributed by atoms with van der Waals surface area (Å²) in [5.41, 5.74) is 2.83. The van der Waals surface area contributed by atoms with Crippen LogP contribution in [0.25, 0.3) is 0 Å². The summed E-state index contributed by atoms with van der Waals surface area (Å²) >= 11 is 0. The summed E-state index contributed by atoms with van der Waals surface area (Å²) in [5, 5.41) is 0. The molecule has 2 saturated heterocycles. The molecular formula is C28H29N3O4. The Hall–Kier alpha value is -3.71. The molecule has 1 unspecified atom stereocenters. The van der Waals surface area contributed by atoms with E-state index in [2.05, 4.69) is 17.0 Å². The summed E-state index contributed by atoms with van der Waals surface area (Å²) in [4.78, 5) is 45.2. The first-order chi connectivity index (χ1) is 17.0. The molecule has 0 N–H and O–H groups in total. The number of anilines is 1. The van der Waals surface area contributed by atoms with Crippen molar-refractivity contribution in [1.82, 2.24) is 9.80 Å². The van der Waals surface area contributed by atoms with Crippen molar-refractivity contribution in [2.45, 2.75) is 44.8 Å². The average molecular weight is 472 g/mol. The minimum Gasteiger partial charge on any atom is -0.459 e. The fraction of sp³-hybridized carbons (Fsp3) is 0.321. The smallest absolute Gasteiger partial charge is 0.290 e. The van der Waals surface area contributed by atoms with Gasteiger partial charge in [0.05, 0.1) is 18.4 Å². The van der Waals surface area contributed by atoms with Gasteiger partial charge in [0, 0.05) is 25.7 Å². The van der Waals surface area contributed by atoms with Crippen molar-refractivity contribution < 1.29 is 18.8 Å². The summed E-state index contributed by atoms with van der Waals surface area (Å²) in [6.07, 6.45) is 2.88. The predicted octanol–water partition coefficient (Wildman–Crippen LogP) is 4.03. The molecule has 0 aliphatic carbocycles. The minimum absolute atomic E-state index is 0.0244. The van der Waals surface area contributed by atoms with Crippen LogP contribution in [0.5, 0.6) is 0 Å². The lowest BCUT2D eigenvalue weighted by Gasteiger charge is -2.40. The maximum atomic E-state index is 13.5. The molecule has 1 atom stereocenters. The van der Waals surface area contributed by atoms with Crippen LogP contribution in [0.1, 0.15) is 40.9 Å². The van der Waals surface area contributed by atoms with E-state index < -0.39 is 6.04 Å². The fourth-order valence-corrected chi connectivity index (χ4v) is 5.08. The first kappa shape index (κ1) is 23.1. The number of carbonyl (C=O) groups excluding carboxylic acids is 3. The third-order valence-electron chi connectivity index (χ3n) is 6.92. The number of hydrogen-bond acceptors (Lipinski definition) is 5. The zero-order chi connectivity index (χ0) is 24.4. The van der Waals surface area contributed by atoms with Crippen molar-refractivity contribution in [3.63, 3.8) is 0 Å². The van der Waals surface area contributed by atoms with Crippen molar-refractivity contribution in [1.29, 1.82) is 0 Å². The highest BCUT2D eigenvalue weighted by atomic mass is 16.3. The molecule has 3 amide bonds. The number of rotatable bonds is 6. The Morgan fingerprint density at radius 3 is 2.34 bits per heavy atom. The van der Waals surface area contributed by atoms with Crippen LogP contribution in [-0.4, -0.2) is 52.7 Å². The Balaban J connectivity index is 1.36. The number of benzene rings is 2. The van der Waals surface area contributed by atoms with Crippen LogP contribution < -0.4 is 4.90 Å². The molecule has 3 heterocycles. The van der Waals surface area contributed by atoms with E-state index >= 15 is 0 Å². The second-order valence-corrected chi connectivity index (χ2v) is 9.31.